The Hall–Kier alpha value is -3.84. The van der Waals surface area contributed by atoms with Gasteiger partial charge in [-0.25, -0.2) is 10.9 Å². The van der Waals surface area contributed by atoms with E-state index in [4.69, 9.17) is 5.21 Å². The number of carbonyl (C=O) groups excluding carboxylic acids is 2. The fourth-order valence-electron chi connectivity index (χ4n) is 2.37. The minimum atomic E-state index is -0.599. The van der Waals surface area contributed by atoms with Gasteiger partial charge in [0.05, 0.1) is 11.8 Å². The van der Waals surface area contributed by atoms with Crippen molar-refractivity contribution in [1.82, 2.24) is 15.9 Å². The quantitative estimate of drug-likeness (QED) is 0.370. The molecule has 1 heterocycles. The summed E-state index contributed by atoms with van der Waals surface area (Å²) in [4.78, 5) is 27.6. The molecule has 2 amide bonds. The molecule has 0 bridgehead atoms. The summed E-state index contributed by atoms with van der Waals surface area (Å²) < 4.78 is 0. The molecule has 3 N–H and O–H groups in total. The van der Waals surface area contributed by atoms with Gasteiger partial charge in [0.2, 0.25) is 0 Å². The van der Waals surface area contributed by atoms with E-state index in [1.807, 2.05) is 30.3 Å². The highest BCUT2D eigenvalue weighted by molar-refractivity contribution is 5.96. The average Bonchev–Trinajstić information content (AvgIpc) is 2.74. The van der Waals surface area contributed by atoms with Crippen molar-refractivity contribution in [3.8, 4) is 11.1 Å². The Kier molecular flexibility index (Phi) is 5.66. The number of amides is 2. The van der Waals surface area contributed by atoms with Crippen LogP contribution in [0.25, 0.3) is 11.1 Å². The lowest BCUT2D eigenvalue weighted by molar-refractivity contribution is 0.0706. The normalized spacial score (nSPS) is 10.6. The monoisotopic (exact) mass is 360 g/mol. The summed E-state index contributed by atoms with van der Waals surface area (Å²) in [5.74, 6) is -0.981. The van der Waals surface area contributed by atoms with Gasteiger partial charge in [-0.15, -0.1) is 0 Å². The Morgan fingerprint density at radius 2 is 1.63 bits per heavy atom. The van der Waals surface area contributed by atoms with E-state index in [0.29, 0.717) is 16.7 Å². The second-order valence-electron chi connectivity index (χ2n) is 5.59. The second kappa shape index (κ2) is 8.50. The van der Waals surface area contributed by atoms with E-state index in [1.54, 1.807) is 29.9 Å². The van der Waals surface area contributed by atoms with Crippen LogP contribution in [-0.2, 0) is 0 Å². The molecule has 134 valence electrons. The van der Waals surface area contributed by atoms with Crippen molar-refractivity contribution in [2.75, 3.05) is 0 Å². The zero-order valence-electron chi connectivity index (χ0n) is 14.2. The number of benzene rings is 2. The van der Waals surface area contributed by atoms with Crippen LogP contribution in [0.2, 0.25) is 0 Å². The van der Waals surface area contributed by atoms with Crippen LogP contribution >= 0.6 is 0 Å². The molecule has 0 atom stereocenters. The number of hydrazone groups is 1. The van der Waals surface area contributed by atoms with Crippen molar-refractivity contribution in [3.63, 3.8) is 0 Å². The summed E-state index contributed by atoms with van der Waals surface area (Å²) in [5, 5.41) is 12.5. The zero-order valence-corrected chi connectivity index (χ0v) is 14.2. The predicted molar refractivity (Wildman–Crippen MR) is 100 cm³/mol. The molecular weight excluding hydrogens is 344 g/mol. The minimum Gasteiger partial charge on any atom is -0.288 e. The van der Waals surface area contributed by atoms with Crippen molar-refractivity contribution < 1.29 is 14.8 Å². The van der Waals surface area contributed by atoms with Gasteiger partial charge < -0.3 is 0 Å². The molecule has 0 saturated carbocycles. The number of hydrogen-bond acceptors (Lipinski definition) is 5. The molecule has 3 rings (SSSR count). The van der Waals surface area contributed by atoms with E-state index in [2.05, 4.69) is 15.5 Å². The third-order valence-corrected chi connectivity index (χ3v) is 3.76. The van der Waals surface area contributed by atoms with Gasteiger partial charge in [0.15, 0.2) is 0 Å². The summed E-state index contributed by atoms with van der Waals surface area (Å²) >= 11 is 0. The van der Waals surface area contributed by atoms with Crippen molar-refractivity contribution in [1.29, 1.82) is 0 Å². The molecule has 0 fully saturated rings. The Labute approximate surface area is 155 Å². The molecule has 0 aliphatic carbocycles. The molecule has 27 heavy (non-hydrogen) atoms. The number of rotatable bonds is 5. The van der Waals surface area contributed by atoms with Crippen LogP contribution < -0.4 is 10.9 Å². The first-order valence-electron chi connectivity index (χ1n) is 8.06. The van der Waals surface area contributed by atoms with E-state index in [1.165, 1.54) is 24.5 Å². The molecule has 7 nitrogen and oxygen atoms in total. The van der Waals surface area contributed by atoms with Crippen LogP contribution in [0.3, 0.4) is 0 Å². The molecule has 0 saturated heterocycles. The average molecular weight is 360 g/mol. The summed E-state index contributed by atoms with van der Waals surface area (Å²) in [5.41, 5.74) is 7.19. The molecule has 0 unspecified atom stereocenters. The smallest absolute Gasteiger partial charge is 0.274 e. The Morgan fingerprint density at radius 3 is 2.33 bits per heavy atom. The number of aromatic nitrogens is 1. The third kappa shape index (κ3) is 4.62. The van der Waals surface area contributed by atoms with Crippen LogP contribution in [0.5, 0.6) is 0 Å². The second-order valence-corrected chi connectivity index (χ2v) is 5.59. The van der Waals surface area contributed by atoms with Gasteiger partial charge in [-0.1, -0.05) is 42.5 Å². The van der Waals surface area contributed by atoms with Crippen molar-refractivity contribution >= 4 is 18.0 Å². The van der Waals surface area contributed by atoms with Crippen LogP contribution in [0.1, 0.15) is 26.3 Å². The zero-order chi connectivity index (χ0) is 19.1. The molecule has 0 aliphatic heterocycles. The number of pyridine rings is 1. The maximum Gasteiger partial charge on any atom is 0.274 e. The lowest BCUT2D eigenvalue weighted by Crippen LogP contribution is -2.18. The lowest BCUT2D eigenvalue weighted by atomic mass is 10.1. The number of hydroxylamine groups is 1. The standard InChI is InChI=1S/C20H16N4O3/c25-19(18-10-17(12-21-13-18)15-4-2-1-3-5-15)23-22-11-14-6-8-16(9-7-14)20(26)24-27/h1-13,27H,(H,23,25)(H,24,26)/b22-11+. The first kappa shape index (κ1) is 18.0. The van der Waals surface area contributed by atoms with Crippen molar-refractivity contribution in [2.45, 2.75) is 0 Å². The van der Waals surface area contributed by atoms with Crippen molar-refractivity contribution in [3.05, 3.63) is 89.7 Å². The summed E-state index contributed by atoms with van der Waals surface area (Å²) in [7, 11) is 0. The van der Waals surface area contributed by atoms with E-state index < -0.39 is 5.91 Å². The SMILES string of the molecule is O=C(NO)c1ccc(/C=N/NC(=O)c2cncc(-c3ccccc3)c2)cc1. The molecule has 0 spiro atoms. The molecule has 3 aromatic rings. The summed E-state index contributed by atoms with van der Waals surface area (Å²) in [6, 6.07) is 17.7. The highest BCUT2D eigenvalue weighted by Gasteiger charge is 2.07. The van der Waals surface area contributed by atoms with Crippen LogP contribution in [0, 0.1) is 0 Å². The van der Waals surface area contributed by atoms with Gasteiger partial charge >= 0.3 is 0 Å². The fraction of sp³-hybridized carbons (Fsp3) is 0. The van der Waals surface area contributed by atoms with Gasteiger partial charge in [-0.3, -0.25) is 19.8 Å². The highest BCUT2D eigenvalue weighted by Crippen LogP contribution is 2.18. The summed E-state index contributed by atoms with van der Waals surface area (Å²) in [6.45, 7) is 0. The molecule has 1 aromatic heterocycles. The lowest BCUT2D eigenvalue weighted by Gasteiger charge is -2.04. The van der Waals surface area contributed by atoms with Gasteiger partial charge in [-0.05, 0) is 29.3 Å². The number of nitrogens with one attached hydrogen (secondary N) is 2. The van der Waals surface area contributed by atoms with Gasteiger partial charge in [0.1, 0.15) is 0 Å². The number of hydrogen-bond donors (Lipinski definition) is 3. The maximum atomic E-state index is 12.3. The topological polar surface area (TPSA) is 104 Å². The Bertz CT molecular complexity index is 970. The first-order valence-corrected chi connectivity index (χ1v) is 8.06. The molecule has 2 aromatic carbocycles. The Balaban J connectivity index is 1.66. The third-order valence-electron chi connectivity index (χ3n) is 3.76. The van der Waals surface area contributed by atoms with Gasteiger partial charge in [0, 0.05) is 23.5 Å². The van der Waals surface area contributed by atoms with Gasteiger partial charge in [0.25, 0.3) is 11.8 Å². The maximum absolute atomic E-state index is 12.3. The Morgan fingerprint density at radius 1 is 0.889 bits per heavy atom. The molecule has 0 radical (unpaired) electrons. The van der Waals surface area contributed by atoms with Crippen molar-refractivity contribution in [2.24, 2.45) is 5.10 Å². The summed E-state index contributed by atoms with van der Waals surface area (Å²) in [6.07, 6.45) is 4.62. The van der Waals surface area contributed by atoms with Crippen LogP contribution in [0.15, 0.2) is 78.2 Å². The van der Waals surface area contributed by atoms with E-state index in [-0.39, 0.29) is 5.91 Å². The van der Waals surface area contributed by atoms with Crippen LogP contribution in [-0.4, -0.2) is 28.2 Å². The van der Waals surface area contributed by atoms with E-state index in [0.717, 1.165) is 11.1 Å². The minimum absolute atomic E-state index is 0.308. The largest absolute Gasteiger partial charge is 0.288 e. The van der Waals surface area contributed by atoms with Gasteiger partial charge in [-0.2, -0.15) is 5.10 Å². The van der Waals surface area contributed by atoms with E-state index >= 15 is 0 Å². The predicted octanol–water partition coefficient (Wildman–Crippen LogP) is 2.63. The highest BCUT2D eigenvalue weighted by atomic mass is 16.5. The van der Waals surface area contributed by atoms with E-state index in [9.17, 15) is 9.59 Å². The van der Waals surface area contributed by atoms with Crippen LogP contribution in [0.4, 0.5) is 0 Å². The number of nitrogens with zero attached hydrogens (tertiary/aromatic N) is 2. The molecule has 7 heteroatoms. The molecular formula is C20H16N4O3. The number of carbonyl (C=O) groups is 2. The fourth-order valence-corrected chi connectivity index (χ4v) is 2.37. The molecule has 0 aliphatic rings. The first-order chi connectivity index (χ1) is 13.2.